The summed E-state index contributed by atoms with van der Waals surface area (Å²) in [5.41, 5.74) is 1.10. The van der Waals surface area contributed by atoms with Crippen LogP contribution in [-0.4, -0.2) is 25.0 Å². The highest BCUT2D eigenvalue weighted by Crippen LogP contribution is 2.67. The van der Waals surface area contributed by atoms with Crippen molar-refractivity contribution in [3.63, 3.8) is 0 Å². The summed E-state index contributed by atoms with van der Waals surface area (Å²) in [6.07, 6.45) is 17.1. The topological polar surface area (TPSA) is 55.4 Å². The molecule has 4 heteroatoms. The number of amides is 1. The standard InChI is InChI=1S/C27H45NO3/c1-18(25(30)31-4)28-24(29)10-7-9-20-12-14-22-21-13-11-19-8-5-6-16-26(19,2)23(21)15-17-27(20,22)3/h18-23H,5-17H2,1-4H3,(H,28,29). The molecule has 4 saturated carbocycles. The largest absolute Gasteiger partial charge is 0.467 e. The van der Waals surface area contributed by atoms with E-state index in [2.05, 4.69) is 19.2 Å². The van der Waals surface area contributed by atoms with Crippen molar-refractivity contribution in [1.29, 1.82) is 0 Å². The minimum atomic E-state index is -0.558. The van der Waals surface area contributed by atoms with E-state index in [1.807, 2.05) is 0 Å². The van der Waals surface area contributed by atoms with Crippen LogP contribution in [0.3, 0.4) is 0 Å². The van der Waals surface area contributed by atoms with E-state index < -0.39 is 6.04 Å². The van der Waals surface area contributed by atoms with Gasteiger partial charge in [-0.05, 0) is 112 Å². The molecule has 0 aromatic carbocycles. The first-order valence-electron chi connectivity index (χ1n) is 13.2. The molecule has 1 N–H and O–H groups in total. The Hall–Kier alpha value is -1.06. The summed E-state index contributed by atoms with van der Waals surface area (Å²) in [4.78, 5) is 23.8. The Balaban J connectivity index is 1.33. The number of carbonyl (C=O) groups excluding carboxylic acids is 2. The van der Waals surface area contributed by atoms with Crippen LogP contribution >= 0.6 is 0 Å². The fourth-order valence-corrected chi connectivity index (χ4v) is 8.94. The Morgan fingerprint density at radius 1 is 0.968 bits per heavy atom. The molecule has 8 unspecified atom stereocenters. The number of fused-ring (bicyclic) bond motifs is 5. The third-order valence-corrected chi connectivity index (χ3v) is 10.7. The maximum atomic E-state index is 12.2. The van der Waals surface area contributed by atoms with E-state index in [0.29, 0.717) is 17.3 Å². The fraction of sp³-hybridized carbons (Fsp3) is 0.926. The van der Waals surface area contributed by atoms with Crippen LogP contribution in [-0.2, 0) is 14.3 Å². The Morgan fingerprint density at radius 2 is 1.74 bits per heavy atom. The van der Waals surface area contributed by atoms with Gasteiger partial charge in [-0.2, -0.15) is 0 Å². The predicted molar refractivity (Wildman–Crippen MR) is 123 cm³/mol. The minimum absolute atomic E-state index is 0.0233. The predicted octanol–water partition coefficient (Wildman–Crippen LogP) is 5.88. The van der Waals surface area contributed by atoms with E-state index in [-0.39, 0.29) is 11.9 Å². The summed E-state index contributed by atoms with van der Waals surface area (Å²) in [6.45, 7) is 6.95. The average Bonchev–Trinajstić information content (AvgIpc) is 3.09. The first kappa shape index (κ1) is 23.1. The molecule has 0 spiro atoms. The highest BCUT2D eigenvalue weighted by Gasteiger charge is 2.59. The van der Waals surface area contributed by atoms with Gasteiger partial charge in [0.2, 0.25) is 5.91 Å². The van der Waals surface area contributed by atoms with Gasteiger partial charge in [-0.3, -0.25) is 4.79 Å². The Labute approximate surface area is 189 Å². The van der Waals surface area contributed by atoms with Crippen molar-refractivity contribution in [3.05, 3.63) is 0 Å². The van der Waals surface area contributed by atoms with Crippen LogP contribution in [0.25, 0.3) is 0 Å². The molecule has 176 valence electrons. The van der Waals surface area contributed by atoms with Crippen molar-refractivity contribution in [1.82, 2.24) is 5.32 Å². The summed E-state index contributed by atoms with van der Waals surface area (Å²) >= 11 is 0. The van der Waals surface area contributed by atoms with E-state index in [0.717, 1.165) is 42.4 Å². The molecule has 4 aliphatic carbocycles. The number of carbonyl (C=O) groups is 2. The quantitative estimate of drug-likeness (QED) is 0.534. The molecule has 4 nitrogen and oxygen atoms in total. The molecule has 31 heavy (non-hydrogen) atoms. The van der Waals surface area contributed by atoms with Gasteiger partial charge in [0.15, 0.2) is 0 Å². The SMILES string of the molecule is COC(=O)C(C)NC(=O)CCCC1CCC2C3CCC4CCCCC4(C)C3CCC12C. The van der Waals surface area contributed by atoms with E-state index in [9.17, 15) is 9.59 Å². The van der Waals surface area contributed by atoms with Crippen molar-refractivity contribution in [2.75, 3.05) is 7.11 Å². The van der Waals surface area contributed by atoms with Gasteiger partial charge >= 0.3 is 5.97 Å². The Bertz CT molecular complexity index is 677. The molecule has 8 atom stereocenters. The number of methoxy groups -OCH3 is 1. The highest BCUT2D eigenvalue weighted by atomic mass is 16.5. The van der Waals surface area contributed by atoms with Crippen molar-refractivity contribution >= 4 is 11.9 Å². The molecule has 0 aromatic rings. The van der Waals surface area contributed by atoms with Crippen molar-refractivity contribution < 1.29 is 14.3 Å². The highest BCUT2D eigenvalue weighted by molar-refractivity contribution is 5.83. The molecule has 0 bridgehead atoms. The van der Waals surface area contributed by atoms with Gasteiger partial charge in [0.25, 0.3) is 0 Å². The maximum Gasteiger partial charge on any atom is 0.328 e. The molecular weight excluding hydrogens is 386 g/mol. The lowest BCUT2D eigenvalue weighted by molar-refractivity contribution is -0.144. The van der Waals surface area contributed by atoms with Gasteiger partial charge < -0.3 is 10.1 Å². The molecule has 4 fully saturated rings. The molecule has 1 amide bonds. The minimum Gasteiger partial charge on any atom is -0.467 e. The zero-order valence-electron chi connectivity index (χ0n) is 20.4. The Kier molecular flexibility index (Phi) is 6.75. The third kappa shape index (κ3) is 4.17. The van der Waals surface area contributed by atoms with E-state index in [1.165, 1.54) is 71.3 Å². The van der Waals surface area contributed by atoms with Gasteiger partial charge in [0, 0.05) is 6.42 Å². The molecule has 0 aliphatic heterocycles. The molecule has 4 rings (SSSR count). The smallest absolute Gasteiger partial charge is 0.328 e. The number of nitrogens with one attached hydrogen (secondary N) is 1. The summed E-state index contributed by atoms with van der Waals surface area (Å²) in [5, 5.41) is 2.78. The van der Waals surface area contributed by atoms with E-state index in [1.54, 1.807) is 6.92 Å². The monoisotopic (exact) mass is 431 g/mol. The maximum absolute atomic E-state index is 12.2. The molecule has 0 radical (unpaired) electrons. The molecule has 4 aliphatic rings. The van der Waals surface area contributed by atoms with Gasteiger partial charge in [-0.1, -0.05) is 26.7 Å². The number of ether oxygens (including phenoxy) is 1. The normalized spacial score (nSPS) is 42.6. The van der Waals surface area contributed by atoms with Gasteiger partial charge in [0.05, 0.1) is 7.11 Å². The van der Waals surface area contributed by atoms with Crippen LogP contribution in [0, 0.1) is 40.4 Å². The van der Waals surface area contributed by atoms with Gasteiger partial charge in [-0.15, -0.1) is 0 Å². The number of esters is 1. The van der Waals surface area contributed by atoms with E-state index in [4.69, 9.17) is 4.74 Å². The summed E-state index contributed by atoms with van der Waals surface area (Å²) in [6, 6.07) is -0.558. The molecule has 0 saturated heterocycles. The van der Waals surface area contributed by atoms with E-state index >= 15 is 0 Å². The second kappa shape index (κ2) is 9.06. The lowest BCUT2D eigenvalue weighted by Crippen LogP contribution is -2.52. The van der Waals surface area contributed by atoms with Crippen LogP contribution in [0.1, 0.15) is 104 Å². The summed E-state index contributed by atoms with van der Waals surface area (Å²) in [5.74, 6) is 4.18. The molecule has 0 heterocycles. The van der Waals surface area contributed by atoms with Crippen LogP contribution in [0.2, 0.25) is 0 Å². The van der Waals surface area contributed by atoms with Crippen LogP contribution in [0.5, 0.6) is 0 Å². The number of hydrogen-bond donors (Lipinski definition) is 1. The first-order valence-corrected chi connectivity index (χ1v) is 13.2. The second-order valence-electron chi connectivity index (χ2n) is 11.9. The summed E-state index contributed by atoms with van der Waals surface area (Å²) in [7, 11) is 1.36. The first-order chi connectivity index (χ1) is 14.8. The third-order valence-electron chi connectivity index (χ3n) is 10.7. The van der Waals surface area contributed by atoms with Gasteiger partial charge in [-0.25, -0.2) is 4.79 Å². The molecular formula is C27H45NO3. The number of rotatable bonds is 6. The van der Waals surface area contributed by atoms with Gasteiger partial charge in [0.1, 0.15) is 6.04 Å². The molecule has 0 aromatic heterocycles. The Morgan fingerprint density at radius 3 is 2.52 bits per heavy atom. The van der Waals surface area contributed by atoms with Crippen molar-refractivity contribution in [3.8, 4) is 0 Å². The van der Waals surface area contributed by atoms with Crippen LogP contribution in [0.15, 0.2) is 0 Å². The fourth-order valence-electron chi connectivity index (χ4n) is 8.94. The van der Waals surface area contributed by atoms with Crippen LogP contribution < -0.4 is 5.32 Å². The lowest BCUT2D eigenvalue weighted by atomic mass is 9.45. The van der Waals surface area contributed by atoms with Crippen LogP contribution in [0.4, 0.5) is 0 Å². The van der Waals surface area contributed by atoms with Crippen molar-refractivity contribution in [2.24, 2.45) is 40.4 Å². The number of hydrogen-bond acceptors (Lipinski definition) is 3. The average molecular weight is 432 g/mol. The summed E-state index contributed by atoms with van der Waals surface area (Å²) < 4.78 is 4.70. The second-order valence-corrected chi connectivity index (χ2v) is 11.9. The lowest BCUT2D eigenvalue weighted by Gasteiger charge is -2.60. The zero-order valence-corrected chi connectivity index (χ0v) is 20.4. The zero-order chi connectivity index (χ0) is 22.2. The van der Waals surface area contributed by atoms with Crippen molar-refractivity contribution in [2.45, 2.75) is 110 Å².